The number of benzene rings is 2. The van der Waals surface area contributed by atoms with Crippen molar-refractivity contribution >= 4 is 11.6 Å². The molecule has 1 atom stereocenters. The lowest BCUT2D eigenvalue weighted by Gasteiger charge is -2.13. The number of nitrogens with one attached hydrogen (secondary N) is 1. The highest BCUT2D eigenvalue weighted by Gasteiger charge is 2.06. The Morgan fingerprint density at radius 1 is 1.20 bits per heavy atom. The fraction of sp³-hybridized carbons (Fsp3) is 0.250. The standard InChI is InChI=1S/C16H17ClFNO/c1-3-19-11(2)12-4-7-14(8-5-12)20-16-9-6-13(18)10-15(16)17/h4-11,19H,3H2,1-2H3. The first-order valence-corrected chi connectivity index (χ1v) is 6.94. The van der Waals surface area contributed by atoms with Crippen molar-refractivity contribution in [3.8, 4) is 11.5 Å². The highest BCUT2D eigenvalue weighted by Crippen LogP contribution is 2.30. The Morgan fingerprint density at radius 2 is 1.90 bits per heavy atom. The molecule has 0 aromatic heterocycles. The molecule has 0 aliphatic carbocycles. The van der Waals surface area contributed by atoms with E-state index in [1.165, 1.54) is 23.8 Å². The molecule has 0 aliphatic heterocycles. The van der Waals surface area contributed by atoms with Crippen molar-refractivity contribution in [3.63, 3.8) is 0 Å². The molecule has 2 aromatic carbocycles. The first kappa shape index (κ1) is 14.8. The van der Waals surface area contributed by atoms with Crippen LogP contribution in [0.1, 0.15) is 25.5 Å². The van der Waals surface area contributed by atoms with Crippen molar-refractivity contribution in [1.29, 1.82) is 0 Å². The fourth-order valence-electron chi connectivity index (χ4n) is 1.93. The van der Waals surface area contributed by atoms with Crippen molar-refractivity contribution in [1.82, 2.24) is 5.32 Å². The molecule has 0 radical (unpaired) electrons. The van der Waals surface area contributed by atoms with Gasteiger partial charge in [0.1, 0.15) is 17.3 Å². The molecule has 0 fully saturated rings. The van der Waals surface area contributed by atoms with Crippen LogP contribution in [0.3, 0.4) is 0 Å². The van der Waals surface area contributed by atoms with Crippen LogP contribution < -0.4 is 10.1 Å². The second-order valence-electron chi connectivity index (χ2n) is 4.53. The zero-order chi connectivity index (χ0) is 14.5. The van der Waals surface area contributed by atoms with Gasteiger partial charge in [0.05, 0.1) is 5.02 Å². The number of rotatable bonds is 5. The van der Waals surface area contributed by atoms with Gasteiger partial charge in [0.2, 0.25) is 0 Å². The van der Waals surface area contributed by atoms with Gasteiger partial charge in [0.25, 0.3) is 0 Å². The van der Waals surface area contributed by atoms with E-state index in [9.17, 15) is 4.39 Å². The molecule has 0 amide bonds. The summed E-state index contributed by atoms with van der Waals surface area (Å²) in [4.78, 5) is 0. The van der Waals surface area contributed by atoms with E-state index in [1.54, 1.807) is 0 Å². The average Bonchev–Trinajstić information content (AvgIpc) is 2.43. The van der Waals surface area contributed by atoms with Gasteiger partial charge in [-0.3, -0.25) is 0 Å². The van der Waals surface area contributed by atoms with E-state index >= 15 is 0 Å². The van der Waals surface area contributed by atoms with Gasteiger partial charge in [-0.05, 0) is 49.4 Å². The summed E-state index contributed by atoms with van der Waals surface area (Å²) < 4.78 is 18.6. The van der Waals surface area contributed by atoms with Crippen LogP contribution in [-0.2, 0) is 0 Å². The fourth-order valence-corrected chi connectivity index (χ4v) is 2.14. The highest BCUT2D eigenvalue weighted by atomic mass is 35.5. The SMILES string of the molecule is CCNC(C)c1ccc(Oc2ccc(F)cc2Cl)cc1. The van der Waals surface area contributed by atoms with Crippen molar-refractivity contribution in [2.24, 2.45) is 0 Å². The Morgan fingerprint density at radius 3 is 2.50 bits per heavy atom. The van der Waals surface area contributed by atoms with Crippen molar-refractivity contribution in [3.05, 3.63) is 58.9 Å². The summed E-state index contributed by atoms with van der Waals surface area (Å²) in [6, 6.07) is 12.1. The van der Waals surface area contributed by atoms with Gasteiger partial charge in [0, 0.05) is 6.04 Å². The number of hydrogen-bond donors (Lipinski definition) is 1. The minimum absolute atomic E-state index is 0.259. The van der Waals surface area contributed by atoms with Crippen LogP contribution in [0.4, 0.5) is 4.39 Å². The quantitative estimate of drug-likeness (QED) is 0.843. The van der Waals surface area contributed by atoms with Gasteiger partial charge in [-0.25, -0.2) is 4.39 Å². The Balaban J connectivity index is 2.10. The summed E-state index contributed by atoms with van der Waals surface area (Å²) in [7, 11) is 0. The molecule has 0 heterocycles. The van der Waals surface area contributed by atoms with Crippen LogP contribution in [-0.4, -0.2) is 6.54 Å². The molecule has 4 heteroatoms. The van der Waals surface area contributed by atoms with Gasteiger partial charge >= 0.3 is 0 Å². The third kappa shape index (κ3) is 3.71. The molecule has 0 saturated carbocycles. The zero-order valence-electron chi connectivity index (χ0n) is 11.5. The molecular weight excluding hydrogens is 277 g/mol. The van der Waals surface area contributed by atoms with Crippen LogP contribution >= 0.6 is 11.6 Å². The van der Waals surface area contributed by atoms with Crippen molar-refractivity contribution in [2.75, 3.05) is 6.54 Å². The molecule has 0 saturated heterocycles. The maximum Gasteiger partial charge on any atom is 0.146 e. The highest BCUT2D eigenvalue weighted by molar-refractivity contribution is 6.32. The summed E-state index contributed by atoms with van der Waals surface area (Å²) in [5.41, 5.74) is 1.18. The smallest absolute Gasteiger partial charge is 0.146 e. The third-order valence-electron chi connectivity index (χ3n) is 3.01. The molecule has 20 heavy (non-hydrogen) atoms. The van der Waals surface area contributed by atoms with Crippen LogP contribution in [0.2, 0.25) is 5.02 Å². The van der Waals surface area contributed by atoms with Gasteiger partial charge < -0.3 is 10.1 Å². The number of hydrogen-bond acceptors (Lipinski definition) is 2. The number of ether oxygens (including phenoxy) is 1. The maximum absolute atomic E-state index is 13.0. The summed E-state index contributed by atoms with van der Waals surface area (Å²) in [6.45, 7) is 5.10. The Kier molecular flexibility index (Phi) is 4.99. The maximum atomic E-state index is 13.0. The summed E-state index contributed by atoms with van der Waals surface area (Å²) >= 11 is 5.93. The predicted octanol–water partition coefficient (Wildman–Crippen LogP) is 4.94. The van der Waals surface area contributed by atoms with E-state index in [-0.39, 0.29) is 10.8 Å². The molecule has 2 rings (SSSR count). The normalized spacial score (nSPS) is 12.2. The summed E-state index contributed by atoms with van der Waals surface area (Å²) in [5, 5.41) is 3.60. The molecule has 0 spiro atoms. The molecule has 0 bridgehead atoms. The first-order valence-electron chi connectivity index (χ1n) is 6.56. The zero-order valence-corrected chi connectivity index (χ0v) is 12.2. The minimum Gasteiger partial charge on any atom is -0.456 e. The largest absolute Gasteiger partial charge is 0.456 e. The topological polar surface area (TPSA) is 21.3 Å². The van der Waals surface area contributed by atoms with E-state index in [0.717, 1.165) is 6.54 Å². The molecule has 2 nitrogen and oxygen atoms in total. The summed E-state index contributed by atoms with van der Waals surface area (Å²) in [5.74, 6) is 0.740. The monoisotopic (exact) mass is 293 g/mol. The molecule has 1 N–H and O–H groups in total. The molecule has 106 valence electrons. The lowest BCUT2D eigenvalue weighted by atomic mass is 10.1. The van der Waals surface area contributed by atoms with Crippen LogP contribution in [0.25, 0.3) is 0 Å². The average molecular weight is 294 g/mol. The molecule has 1 unspecified atom stereocenters. The van der Waals surface area contributed by atoms with E-state index in [4.69, 9.17) is 16.3 Å². The molecule has 0 aliphatic rings. The van der Waals surface area contributed by atoms with Gasteiger partial charge in [-0.15, -0.1) is 0 Å². The first-order chi connectivity index (χ1) is 9.60. The second-order valence-corrected chi connectivity index (χ2v) is 4.93. The minimum atomic E-state index is -0.378. The van der Waals surface area contributed by atoms with Crippen LogP contribution in [0.5, 0.6) is 11.5 Å². The van der Waals surface area contributed by atoms with Crippen LogP contribution in [0.15, 0.2) is 42.5 Å². The lowest BCUT2D eigenvalue weighted by molar-refractivity contribution is 0.480. The second kappa shape index (κ2) is 6.73. The van der Waals surface area contributed by atoms with E-state index in [1.807, 2.05) is 24.3 Å². The Hall–Kier alpha value is -1.58. The van der Waals surface area contributed by atoms with E-state index in [0.29, 0.717) is 17.5 Å². The number of halogens is 2. The van der Waals surface area contributed by atoms with Gasteiger partial charge in [-0.2, -0.15) is 0 Å². The predicted molar refractivity (Wildman–Crippen MR) is 80.0 cm³/mol. The van der Waals surface area contributed by atoms with Crippen LogP contribution in [0, 0.1) is 5.82 Å². The third-order valence-corrected chi connectivity index (χ3v) is 3.31. The molecular formula is C16H17ClFNO. The van der Waals surface area contributed by atoms with Crippen molar-refractivity contribution < 1.29 is 9.13 Å². The lowest BCUT2D eigenvalue weighted by Crippen LogP contribution is -2.17. The van der Waals surface area contributed by atoms with Gasteiger partial charge in [0.15, 0.2) is 0 Å². The Bertz CT molecular complexity index is 571. The van der Waals surface area contributed by atoms with Crippen molar-refractivity contribution in [2.45, 2.75) is 19.9 Å². The summed E-state index contributed by atoms with van der Waals surface area (Å²) in [6.07, 6.45) is 0. The van der Waals surface area contributed by atoms with Gasteiger partial charge in [-0.1, -0.05) is 30.7 Å². The van der Waals surface area contributed by atoms with E-state index < -0.39 is 0 Å². The molecule has 2 aromatic rings. The Labute approximate surface area is 123 Å². The van der Waals surface area contributed by atoms with E-state index in [2.05, 4.69) is 19.2 Å².